The number of aliphatic carboxylic acids is 1. The van der Waals surface area contributed by atoms with Crippen molar-refractivity contribution in [1.29, 1.82) is 0 Å². The molecule has 0 aromatic carbocycles. The van der Waals surface area contributed by atoms with Crippen molar-refractivity contribution in [3.63, 3.8) is 0 Å². The minimum Gasteiger partial charge on any atom is -0.480 e. The average molecular weight is 686 g/mol. The summed E-state index contributed by atoms with van der Waals surface area (Å²) in [5.74, 6) is -1.25. The Kier molecular flexibility index (Phi) is 36.1. The zero-order chi connectivity index (χ0) is 35.9. The molecular formula is C43H75NO5. The normalized spacial score (nSPS) is 12.5. The van der Waals surface area contributed by atoms with Crippen molar-refractivity contribution in [3.05, 3.63) is 48.6 Å². The van der Waals surface area contributed by atoms with Crippen LogP contribution in [-0.2, 0) is 19.1 Å². The van der Waals surface area contributed by atoms with Gasteiger partial charge >= 0.3 is 11.9 Å². The number of hydrogen-bond acceptors (Lipinski definition) is 4. The van der Waals surface area contributed by atoms with Crippen molar-refractivity contribution in [1.82, 2.24) is 5.32 Å². The summed E-state index contributed by atoms with van der Waals surface area (Å²) in [6.45, 7) is 4.10. The van der Waals surface area contributed by atoms with Gasteiger partial charge in [0.1, 0.15) is 12.6 Å². The van der Waals surface area contributed by atoms with Crippen LogP contribution in [0.2, 0.25) is 0 Å². The van der Waals surface area contributed by atoms with Crippen LogP contribution in [0.15, 0.2) is 48.6 Å². The molecule has 0 aliphatic heterocycles. The molecule has 0 bridgehead atoms. The van der Waals surface area contributed by atoms with Crippen molar-refractivity contribution in [2.24, 2.45) is 0 Å². The number of amides is 1. The highest BCUT2D eigenvalue weighted by molar-refractivity contribution is 5.80. The lowest BCUT2D eigenvalue weighted by Crippen LogP contribution is -2.28. The molecule has 49 heavy (non-hydrogen) atoms. The highest BCUT2D eigenvalue weighted by atomic mass is 16.5. The molecule has 0 spiro atoms. The minimum atomic E-state index is -1.02. The van der Waals surface area contributed by atoms with Crippen molar-refractivity contribution in [3.8, 4) is 0 Å². The number of allylic oxidation sites excluding steroid dienone is 8. The van der Waals surface area contributed by atoms with E-state index in [9.17, 15) is 14.4 Å². The van der Waals surface area contributed by atoms with E-state index in [4.69, 9.17) is 9.84 Å². The number of carbonyl (C=O) groups excluding carboxylic acids is 2. The summed E-state index contributed by atoms with van der Waals surface area (Å²) in [6.07, 6.45) is 48.0. The van der Waals surface area contributed by atoms with Crippen LogP contribution in [0.3, 0.4) is 0 Å². The van der Waals surface area contributed by atoms with Gasteiger partial charge in [-0.05, 0) is 77.0 Å². The number of unbranched alkanes of at least 4 members (excludes halogenated alkanes) is 17. The number of carbonyl (C=O) groups is 3. The monoisotopic (exact) mass is 686 g/mol. The Morgan fingerprint density at radius 3 is 1.53 bits per heavy atom. The van der Waals surface area contributed by atoms with E-state index in [1.807, 2.05) is 0 Å². The van der Waals surface area contributed by atoms with Gasteiger partial charge in [-0.25, -0.2) is 0 Å². The Balaban J connectivity index is 4.08. The van der Waals surface area contributed by atoms with Gasteiger partial charge in [0.25, 0.3) is 0 Å². The van der Waals surface area contributed by atoms with Crippen molar-refractivity contribution >= 4 is 17.8 Å². The number of rotatable bonds is 36. The first-order valence-electron chi connectivity index (χ1n) is 20.3. The van der Waals surface area contributed by atoms with Crippen LogP contribution >= 0.6 is 0 Å². The lowest BCUT2D eigenvalue weighted by Gasteiger charge is -2.18. The van der Waals surface area contributed by atoms with Crippen LogP contribution in [0.4, 0.5) is 0 Å². The van der Waals surface area contributed by atoms with Crippen molar-refractivity contribution in [2.45, 2.75) is 200 Å². The van der Waals surface area contributed by atoms with Gasteiger partial charge in [0.2, 0.25) is 5.91 Å². The van der Waals surface area contributed by atoms with Gasteiger partial charge in [-0.3, -0.25) is 14.4 Å². The quantitative estimate of drug-likeness (QED) is 0.0389. The lowest BCUT2D eigenvalue weighted by molar-refractivity contribution is -0.150. The topological polar surface area (TPSA) is 92.7 Å². The van der Waals surface area contributed by atoms with E-state index in [-0.39, 0.29) is 24.5 Å². The summed E-state index contributed by atoms with van der Waals surface area (Å²) >= 11 is 0. The smallest absolute Gasteiger partial charge is 0.322 e. The molecule has 0 aromatic heterocycles. The number of esters is 1. The Bertz CT molecular complexity index is 891. The van der Waals surface area contributed by atoms with Crippen LogP contribution < -0.4 is 5.32 Å². The van der Waals surface area contributed by atoms with Gasteiger partial charge < -0.3 is 15.2 Å². The molecule has 2 N–H and O–H groups in total. The zero-order valence-corrected chi connectivity index (χ0v) is 31.8. The van der Waals surface area contributed by atoms with Crippen LogP contribution in [0.1, 0.15) is 194 Å². The second-order valence-corrected chi connectivity index (χ2v) is 13.5. The average Bonchev–Trinajstić information content (AvgIpc) is 3.08. The summed E-state index contributed by atoms with van der Waals surface area (Å²) < 4.78 is 5.99. The Morgan fingerprint density at radius 1 is 0.551 bits per heavy atom. The minimum absolute atomic E-state index is 0.0211. The summed E-state index contributed by atoms with van der Waals surface area (Å²) in [4.78, 5) is 34.9. The molecule has 0 heterocycles. The Morgan fingerprint density at radius 2 is 1.00 bits per heavy atom. The predicted octanol–water partition coefficient (Wildman–Crippen LogP) is 12.3. The number of hydrogen-bond donors (Lipinski definition) is 2. The van der Waals surface area contributed by atoms with E-state index in [1.54, 1.807) is 0 Å². The second-order valence-electron chi connectivity index (χ2n) is 13.5. The number of carboxylic acid groups (broad SMARTS) is 1. The summed E-state index contributed by atoms with van der Waals surface area (Å²) in [5, 5.41) is 11.1. The molecule has 6 heteroatoms. The number of ether oxygens (including phenoxy) is 1. The first kappa shape index (κ1) is 46.4. The lowest BCUT2D eigenvalue weighted by atomic mass is 10.0. The molecular weight excluding hydrogens is 610 g/mol. The van der Waals surface area contributed by atoms with Gasteiger partial charge in [-0.2, -0.15) is 0 Å². The van der Waals surface area contributed by atoms with E-state index < -0.39 is 5.97 Å². The molecule has 0 radical (unpaired) electrons. The first-order chi connectivity index (χ1) is 24.0. The largest absolute Gasteiger partial charge is 0.480 e. The summed E-state index contributed by atoms with van der Waals surface area (Å²) in [7, 11) is 0. The maximum Gasteiger partial charge on any atom is 0.322 e. The predicted molar refractivity (Wildman–Crippen MR) is 208 cm³/mol. The second kappa shape index (κ2) is 38.2. The molecule has 0 rings (SSSR count). The van der Waals surface area contributed by atoms with Crippen LogP contribution in [-0.4, -0.2) is 35.6 Å². The van der Waals surface area contributed by atoms with Crippen LogP contribution in [0, 0.1) is 0 Å². The van der Waals surface area contributed by atoms with Crippen LogP contribution in [0.25, 0.3) is 0 Å². The third-order valence-corrected chi connectivity index (χ3v) is 8.77. The maximum atomic E-state index is 12.7. The van der Waals surface area contributed by atoms with E-state index in [1.165, 1.54) is 70.6 Å². The van der Waals surface area contributed by atoms with Gasteiger partial charge in [-0.1, -0.05) is 152 Å². The molecule has 1 atom stereocenters. The fourth-order valence-electron chi connectivity index (χ4n) is 5.80. The molecule has 0 aliphatic carbocycles. The van der Waals surface area contributed by atoms with E-state index in [2.05, 4.69) is 67.8 Å². The summed E-state index contributed by atoms with van der Waals surface area (Å²) in [6, 6.07) is 0. The van der Waals surface area contributed by atoms with Gasteiger partial charge in [0.15, 0.2) is 0 Å². The van der Waals surface area contributed by atoms with E-state index >= 15 is 0 Å². The van der Waals surface area contributed by atoms with Crippen LogP contribution in [0.5, 0.6) is 0 Å². The molecule has 6 nitrogen and oxygen atoms in total. The Labute approximate surface area is 301 Å². The van der Waals surface area contributed by atoms with E-state index in [0.717, 1.165) is 96.3 Å². The highest BCUT2D eigenvalue weighted by Gasteiger charge is 2.14. The van der Waals surface area contributed by atoms with Crippen molar-refractivity contribution in [2.75, 3.05) is 6.54 Å². The fourth-order valence-corrected chi connectivity index (χ4v) is 5.80. The zero-order valence-electron chi connectivity index (χ0n) is 31.8. The molecule has 0 fully saturated rings. The third-order valence-electron chi connectivity index (χ3n) is 8.77. The molecule has 0 aliphatic rings. The highest BCUT2D eigenvalue weighted by Crippen LogP contribution is 2.19. The standard InChI is InChI=1S/C43H75NO5/c1-3-5-7-9-11-13-14-15-16-17-18-19-20-21-22-23-25-30-34-38-43(48)49-40(35-31-27-24-12-10-8-6-4-2)36-32-28-26-29-33-37-41(45)44-39-42(46)47/h5,7,11,13,15-16,18-19,40H,3-4,6,8-10,12,14,17,20-39H2,1-2H3,(H,44,45)(H,46,47)/b7-5-,13-11-,16-15-,19-18-. The molecule has 282 valence electrons. The maximum absolute atomic E-state index is 12.7. The molecule has 0 saturated heterocycles. The Hall–Kier alpha value is -2.63. The SMILES string of the molecule is CC/C=C\C/C=C\C/C=C\C/C=C\CCCCCCCCC(=O)OC(CCCCCCCCCC)CCCCCCCC(=O)NCC(=O)O. The molecule has 0 aromatic rings. The molecule has 1 unspecified atom stereocenters. The van der Waals surface area contributed by atoms with E-state index in [0.29, 0.717) is 12.8 Å². The van der Waals surface area contributed by atoms with Gasteiger partial charge in [0.05, 0.1) is 0 Å². The molecule has 1 amide bonds. The summed E-state index contributed by atoms with van der Waals surface area (Å²) in [5.41, 5.74) is 0. The molecule has 0 saturated carbocycles. The first-order valence-corrected chi connectivity index (χ1v) is 20.3. The number of carboxylic acids is 1. The van der Waals surface area contributed by atoms with Gasteiger partial charge in [-0.15, -0.1) is 0 Å². The van der Waals surface area contributed by atoms with Gasteiger partial charge in [0, 0.05) is 12.8 Å². The third kappa shape index (κ3) is 38.0. The number of nitrogens with one attached hydrogen (secondary N) is 1. The van der Waals surface area contributed by atoms with Crippen molar-refractivity contribution < 1.29 is 24.2 Å². The fraction of sp³-hybridized carbons (Fsp3) is 0.744.